The lowest BCUT2D eigenvalue weighted by Crippen LogP contribution is -2.77. The van der Waals surface area contributed by atoms with Crippen molar-refractivity contribution in [1.82, 2.24) is 9.80 Å². The molecule has 7 aliphatic rings. The van der Waals surface area contributed by atoms with Crippen LogP contribution in [0.15, 0.2) is 24.3 Å². The molecule has 2 aliphatic carbocycles. The number of nitrogens with zero attached hydrogens (tertiary/aromatic N) is 2. The highest BCUT2D eigenvalue weighted by atomic mass is 33.1. The molecule has 144 valence electrons. The molecule has 5 fully saturated rings. The summed E-state index contributed by atoms with van der Waals surface area (Å²) < 4.78 is 0. The van der Waals surface area contributed by atoms with E-state index in [0.29, 0.717) is 0 Å². The second-order valence-electron chi connectivity index (χ2n) is 8.03. The van der Waals surface area contributed by atoms with E-state index in [-0.39, 0.29) is 36.1 Å². The van der Waals surface area contributed by atoms with Gasteiger partial charge in [-0.3, -0.25) is 24.0 Å². The number of aliphatic hydroxyl groups excluding tert-OH is 1. The van der Waals surface area contributed by atoms with Gasteiger partial charge in [-0.15, -0.1) is 0 Å². The predicted molar refractivity (Wildman–Crippen MR) is 97.4 cm³/mol. The molecule has 2 bridgehead atoms. The molecule has 5 saturated heterocycles. The van der Waals surface area contributed by atoms with E-state index in [1.54, 1.807) is 0 Å². The second kappa shape index (κ2) is 4.98. The Morgan fingerprint density at radius 1 is 0.821 bits per heavy atom. The highest BCUT2D eigenvalue weighted by molar-refractivity contribution is 8.78. The molecular weight excluding hydrogens is 404 g/mol. The molecule has 5 heterocycles. The molecule has 1 N–H and O–H groups in total. The fourth-order valence-electron chi connectivity index (χ4n) is 5.61. The number of ketones is 3. The molecule has 0 aromatic carbocycles. The van der Waals surface area contributed by atoms with Crippen molar-refractivity contribution in [3.63, 3.8) is 0 Å². The first-order valence-corrected chi connectivity index (χ1v) is 11.2. The molecule has 2 spiro atoms. The van der Waals surface area contributed by atoms with E-state index in [1.807, 2.05) is 0 Å². The lowest BCUT2D eigenvalue weighted by Gasteiger charge is -2.58. The summed E-state index contributed by atoms with van der Waals surface area (Å²) in [6.07, 6.45) is 4.21. The number of piperazine rings is 1. The largest absolute Gasteiger partial charge is 0.387 e. The van der Waals surface area contributed by atoms with E-state index in [4.69, 9.17) is 0 Å². The van der Waals surface area contributed by atoms with Gasteiger partial charge in [-0.1, -0.05) is 27.7 Å². The maximum absolute atomic E-state index is 13.7. The van der Waals surface area contributed by atoms with Crippen molar-refractivity contribution in [2.45, 2.75) is 40.8 Å². The number of hydrogen-bond donors (Lipinski definition) is 1. The SMILES string of the molecule is O=C1C=CC(=O)C2C1CC13SSC4(CC5C(=O)C=CC(O)C5N4C1=O)C(=O)N23. The Morgan fingerprint density at radius 2 is 1.39 bits per heavy atom. The van der Waals surface area contributed by atoms with Crippen LogP contribution in [0.3, 0.4) is 0 Å². The van der Waals surface area contributed by atoms with Crippen LogP contribution in [0, 0.1) is 11.8 Å². The van der Waals surface area contributed by atoms with Crippen molar-refractivity contribution >= 4 is 50.8 Å². The number of aliphatic hydroxyl groups is 1. The highest BCUT2D eigenvalue weighted by Crippen LogP contribution is 2.69. The average molecular weight is 418 g/mol. The Kier molecular flexibility index (Phi) is 3.02. The first kappa shape index (κ1) is 17.0. The van der Waals surface area contributed by atoms with Crippen LogP contribution >= 0.6 is 21.6 Å². The van der Waals surface area contributed by atoms with Crippen LogP contribution in [-0.4, -0.2) is 72.0 Å². The highest BCUT2D eigenvalue weighted by Gasteiger charge is 2.79. The Morgan fingerprint density at radius 3 is 2.14 bits per heavy atom. The average Bonchev–Trinajstić information content (AvgIpc) is 3.22. The minimum atomic E-state index is -1.35. The van der Waals surface area contributed by atoms with E-state index in [1.165, 1.54) is 55.7 Å². The van der Waals surface area contributed by atoms with Gasteiger partial charge in [0, 0.05) is 18.8 Å². The smallest absolute Gasteiger partial charge is 0.262 e. The van der Waals surface area contributed by atoms with Gasteiger partial charge in [0.1, 0.15) is 6.04 Å². The molecule has 0 saturated carbocycles. The zero-order chi connectivity index (χ0) is 19.6. The summed E-state index contributed by atoms with van der Waals surface area (Å²) in [6.45, 7) is 0. The van der Waals surface area contributed by atoms with E-state index < -0.39 is 45.7 Å². The van der Waals surface area contributed by atoms with Gasteiger partial charge in [0.25, 0.3) is 11.8 Å². The molecule has 5 aliphatic heterocycles. The van der Waals surface area contributed by atoms with Gasteiger partial charge in [-0.25, -0.2) is 0 Å². The molecular formula is C18H14N2O6S2. The number of allylic oxidation sites excluding steroid dienone is 2. The maximum Gasteiger partial charge on any atom is 0.262 e. The topological polar surface area (TPSA) is 112 Å². The third-order valence-electron chi connectivity index (χ3n) is 6.81. The monoisotopic (exact) mass is 418 g/mol. The van der Waals surface area contributed by atoms with E-state index >= 15 is 0 Å². The van der Waals surface area contributed by atoms with Crippen molar-refractivity contribution in [3.8, 4) is 0 Å². The van der Waals surface area contributed by atoms with Crippen LogP contribution in [0.4, 0.5) is 0 Å². The quantitative estimate of drug-likeness (QED) is 0.521. The third-order valence-corrected chi connectivity index (χ3v) is 10.4. The summed E-state index contributed by atoms with van der Waals surface area (Å²) in [6, 6.07) is -1.77. The first-order chi connectivity index (χ1) is 13.3. The van der Waals surface area contributed by atoms with Crippen LogP contribution < -0.4 is 0 Å². The second-order valence-corrected chi connectivity index (χ2v) is 10.7. The zero-order valence-corrected chi connectivity index (χ0v) is 15.9. The van der Waals surface area contributed by atoms with Gasteiger partial charge in [-0.2, -0.15) is 0 Å². The molecule has 0 aromatic rings. The van der Waals surface area contributed by atoms with Gasteiger partial charge in [-0.05, 0) is 18.2 Å². The molecule has 10 heteroatoms. The maximum atomic E-state index is 13.7. The minimum Gasteiger partial charge on any atom is -0.387 e. The van der Waals surface area contributed by atoms with Crippen molar-refractivity contribution in [2.24, 2.45) is 11.8 Å². The predicted octanol–water partition coefficient (Wildman–Crippen LogP) is -0.570. The van der Waals surface area contributed by atoms with Gasteiger partial charge in [0.05, 0.1) is 18.1 Å². The standard InChI is InChI=1S/C18H14N2O6S2/c21-9-1-3-11(23)13-7(9)5-17-15(25)20-14-8(10(22)2-4-12(14)24)6-18(20,28-27-17)16(26)19(13)17/h1-4,7-8,11,13-14,23H,5-6H2. The van der Waals surface area contributed by atoms with Gasteiger partial charge in [0.15, 0.2) is 27.1 Å². The summed E-state index contributed by atoms with van der Waals surface area (Å²) in [5, 5.41) is 10.5. The number of carbonyl (C=O) groups excluding carboxylic acids is 5. The lowest BCUT2D eigenvalue weighted by molar-refractivity contribution is -0.168. The number of carbonyl (C=O) groups is 5. The number of hydrogen-bond acceptors (Lipinski definition) is 8. The number of amides is 2. The van der Waals surface area contributed by atoms with Gasteiger partial charge >= 0.3 is 0 Å². The molecule has 28 heavy (non-hydrogen) atoms. The first-order valence-electron chi connectivity index (χ1n) is 9.02. The van der Waals surface area contributed by atoms with Crippen LogP contribution in [0.25, 0.3) is 0 Å². The number of rotatable bonds is 0. The summed E-state index contributed by atoms with van der Waals surface area (Å²) in [5.74, 6) is -3.00. The fourth-order valence-corrected chi connectivity index (χ4v) is 9.43. The van der Waals surface area contributed by atoms with Crippen molar-refractivity contribution < 1.29 is 29.1 Å². The summed E-state index contributed by atoms with van der Waals surface area (Å²) in [5.41, 5.74) is 0. The van der Waals surface area contributed by atoms with Crippen molar-refractivity contribution in [2.75, 3.05) is 0 Å². The zero-order valence-electron chi connectivity index (χ0n) is 14.3. The molecule has 7 rings (SSSR count). The normalized spacial score (nSPS) is 48.2. The summed E-state index contributed by atoms with van der Waals surface area (Å²) in [4.78, 5) is 64.8. The lowest BCUT2D eigenvalue weighted by atomic mass is 9.85. The van der Waals surface area contributed by atoms with E-state index in [0.717, 1.165) is 0 Å². The summed E-state index contributed by atoms with van der Waals surface area (Å²) >= 11 is 0. The van der Waals surface area contributed by atoms with Crippen molar-refractivity contribution in [1.29, 1.82) is 0 Å². The molecule has 7 unspecified atom stereocenters. The number of fused-ring (bicyclic) bond motifs is 3. The van der Waals surface area contributed by atoms with E-state index in [9.17, 15) is 29.1 Å². The molecule has 2 amide bonds. The Labute approximate surface area is 166 Å². The van der Waals surface area contributed by atoms with Crippen LogP contribution in [0.2, 0.25) is 0 Å². The molecule has 7 atom stereocenters. The molecule has 8 nitrogen and oxygen atoms in total. The summed E-state index contributed by atoms with van der Waals surface area (Å²) in [7, 11) is 2.44. The van der Waals surface area contributed by atoms with Gasteiger partial charge < -0.3 is 14.9 Å². The molecule has 0 radical (unpaired) electrons. The van der Waals surface area contributed by atoms with Crippen LogP contribution in [-0.2, 0) is 24.0 Å². The fraction of sp³-hybridized carbons (Fsp3) is 0.500. The Bertz CT molecular complexity index is 977. The van der Waals surface area contributed by atoms with Gasteiger partial charge in [0.2, 0.25) is 0 Å². The molecule has 0 aromatic heterocycles. The van der Waals surface area contributed by atoms with Crippen LogP contribution in [0.1, 0.15) is 12.8 Å². The van der Waals surface area contributed by atoms with Crippen molar-refractivity contribution in [3.05, 3.63) is 24.3 Å². The minimum absolute atomic E-state index is 0.0681. The van der Waals surface area contributed by atoms with E-state index in [2.05, 4.69) is 0 Å². The van der Waals surface area contributed by atoms with Crippen LogP contribution in [0.5, 0.6) is 0 Å². The third kappa shape index (κ3) is 1.62. The Hall–Kier alpha value is -1.91. The Balaban J connectivity index is 1.53.